The van der Waals surface area contributed by atoms with E-state index in [0.29, 0.717) is 0 Å². The largest absolute Gasteiger partial charge is 0.512 e. The van der Waals surface area contributed by atoms with Gasteiger partial charge in [-0.3, -0.25) is 4.79 Å². The Kier molecular flexibility index (Phi) is 7.54. The van der Waals surface area contributed by atoms with Gasteiger partial charge in [0.25, 0.3) is 0 Å². The van der Waals surface area contributed by atoms with Gasteiger partial charge in [0.1, 0.15) is 11.2 Å². The van der Waals surface area contributed by atoms with Crippen molar-refractivity contribution >= 4 is 51.8 Å². The van der Waals surface area contributed by atoms with Crippen LogP contribution in [-0.2, 0) is 30.3 Å². The van der Waals surface area contributed by atoms with Crippen LogP contribution in [0.5, 0.6) is 0 Å². The second kappa shape index (κ2) is 10.2. The molecule has 0 unspecified atom stereocenters. The number of furan rings is 1. The van der Waals surface area contributed by atoms with E-state index in [1.165, 1.54) is 58.0 Å². The molecule has 0 spiro atoms. The fraction of sp³-hybridized carbons (Fsp3) is 0.273. The van der Waals surface area contributed by atoms with Gasteiger partial charge in [0.2, 0.25) is 0 Å². The van der Waals surface area contributed by atoms with E-state index < -0.39 is 8.07 Å². The van der Waals surface area contributed by atoms with Crippen molar-refractivity contribution in [1.29, 1.82) is 0 Å². The molecular weight excluding hydrogens is 679 g/mol. The SMILES string of the molecule is CC(=O)/C=C(/C)O.Cc1ccc2c3c([c-]cc2c1)-c1nccc2oc4c([Si](C)(C)C)ccc(c4c12)C3(C)C.[Ir]. The van der Waals surface area contributed by atoms with Crippen LogP contribution in [0.25, 0.3) is 44.0 Å². The molecule has 1 N–H and O–H groups in total. The minimum atomic E-state index is -1.59. The van der Waals surface area contributed by atoms with Crippen LogP contribution >= 0.6 is 0 Å². The number of ketones is 1. The second-order valence-electron chi connectivity index (χ2n) is 11.9. The van der Waals surface area contributed by atoms with Gasteiger partial charge in [0.05, 0.1) is 13.8 Å². The molecule has 0 atom stereocenters. The zero-order valence-electron chi connectivity index (χ0n) is 23.7. The van der Waals surface area contributed by atoms with Crippen LogP contribution in [0.15, 0.2) is 64.9 Å². The van der Waals surface area contributed by atoms with Gasteiger partial charge in [-0.1, -0.05) is 80.2 Å². The Bertz CT molecular complexity index is 1790. The third-order valence-electron chi connectivity index (χ3n) is 7.39. The molecule has 0 amide bonds. The summed E-state index contributed by atoms with van der Waals surface area (Å²) in [5.74, 6) is -0.0625. The molecule has 39 heavy (non-hydrogen) atoms. The normalized spacial score (nSPS) is 14.0. The van der Waals surface area contributed by atoms with Crippen LogP contribution in [0, 0.1) is 13.0 Å². The first-order valence-electron chi connectivity index (χ1n) is 13.0. The van der Waals surface area contributed by atoms with Gasteiger partial charge in [-0.25, -0.2) is 0 Å². The van der Waals surface area contributed by atoms with E-state index >= 15 is 0 Å². The Morgan fingerprint density at radius 1 is 1.08 bits per heavy atom. The smallest absolute Gasteiger partial charge is 0.155 e. The molecule has 0 saturated carbocycles. The molecule has 2 aromatic heterocycles. The fourth-order valence-electron chi connectivity index (χ4n) is 5.77. The number of fused-ring (bicyclic) bond motifs is 4. The van der Waals surface area contributed by atoms with Crippen molar-refractivity contribution in [2.75, 3.05) is 0 Å². The summed E-state index contributed by atoms with van der Waals surface area (Å²) in [6.45, 7) is 16.8. The molecule has 0 saturated heterocycles. The number of aliphatic hydroxyl groups is 1. The van der Waals surface area contributed by atoms with E-state index in [-0.39, 0.29) is 37.1 Å². The maximum Gasteiger partial charge on any atom is 0.155 e. The van der Waals surface area contributed by atoms with Crippen molar-refractivity contribution in [2.45, 2.75) is 59.7 Å². The predicted octanol–water partition coefficient (Wildman–Crippen LogP) is 8.13. The number of allylic oxidation sites excluding steroid dienone is 2. The Balaban J connectivity index is 0.000000394. The van der Waals surface area contributed by atoms with Crippen molar-refractivity contribution in [3.05, 3.63) is 83.3 Å². The fourth-order valence-corrected chi connectivity index (χ4v) is 7.21. The number of benzene rings is 3. The van der Waals surface area contributed by atoms with Crippen LogP contribution in [-0.4, -0.2) is 23.9 Å². The quantitative estimate of drug-likeness (QED) is 0.0870. The molecular formula is C33H34IrNO3Si-. The molecule has 0 bridgehead atoms. The standard InChI is InChI=1S/C28H26NOSi.C5H8O2.Ir/c1-16-7-9-18-17(15-16)8-10-19-25(18)28(2,3)20-11-12-22(31(4,5)6)27-23(20)24-21(30-27)13-14-29-26(19)24;1-4(6)3-5(2)7;/h7-9,11-15H,1-6H3;3,6H,1-2H3;/q-1;;/b;4-3-;. The summed E-state index contributed by atoms with van der Waals surface area (Å²) < 4.78 is 6.56. The Hall–Kier alpha value is -3.05. The Morgan fingerprint density at radius 2 is 1.79 bits per heavy atom. The van der Waals surface area contributed by atoms with Crippen molar-refractivity contribution in [3.63, 3.8) is 0 Å². The summed E-state index contributed by atoms with van der Waals surface area (Å²) in [6, 6.07) is 19.2. The van der Waals surface area contributed by atoms with Gasteiger partial charge in [-0.15, -0.1) is 23.3 Å². The molecule has 5 aromatic rings. The minimum Gasteiger partial charge on any atom is -0.512 e. The van der Waals surface area contributed by atoms with E-state index in [9.17, 15) is 4.79 Å². The topological polar surface area (TPSA) is 63.3 Å². The van der Waals surface area contributed by atoms with Gasteiger partial charge < -0.3 is 14.5 Å². The predicted molar refractivity (Wildman–Crippen MR) is 160 cm³/mol. The van der Waals surface area contributed by atoms with E-state index in [0.717, 1.165) is 27.8 Å². The van der Waals surface area contributed by atoms with Gasteiger partial charge in [-0.2, -0.15) is 0 Å². The summed E-state index contributed by atoms with van der Waals surface area (Å²) in [4.78, 5) is 14.9. The molecule has 6 heteroatoms. The first kappa shape index (κ1) is 28.9. The summed E-state index contributed by atoms with van der Waals surface area (Å²) in [5.41, 5.74) is 7.75. The van der Waals surface area contributed by atoms with Crippen molar-refractivity contribution in [2.24, 2.45) is 0 Å². The minimum absolute atomic E-state index is 0. The summed E-state index contributed by atoms with van der Waals surface area (Å²) >= 11 is 0. The third-order valence-corrected chi connectivity index (χ3v) is 9.40. The van der Waals surface area contributed by atoms with Gasteiger partial charge in [-0.05, 0) is 48.7 Å². The van der Waals surface area contributed by atoms with Crippen molar-refractivity contribution in [3.8, 4) is 11.3 Å². The monoisotopic (exact) mass is 713 g/mol. The number of aryl methyl sites for hydroxylation is 1. The second-order valence-corrected chi connectivity index (χ2v) is 16.9. The molecule has 0 fully saturated rings. The van der Waals surface area contributed by atoms with E-state index in [2.05, 4.69) is 82.9 Å². The first-order valence-corrected chi connectivity index (χ1v) is 16.5. The maximum absolute atomic E-state index is 10.0. The van der Waals surface area contributed by atoms with E-state index in [4.69, 9.17) is 14.5 Å². The average Bonchev–Trinajstić information content (AvgIpc) is 3.17. The molecule has 1 aliphatic rings. The van der Waals surface area contributed by atoms with Crippen LogP contribution in [0.4, 0.5) is 0 Å². The number of hydrogen-bond donors (Lipinski definition) is 1. The molecule has 0 aliphatic heterocycles. The number of carbonyl (C=O) groups is 1. The van der Waals surface area contributed by atoms with Crippen LogP contribution in [0.1, 0.15) is 44.4 Å². The molecule has 4 nitrogen and oxygen atoms in total. The van der Waals surface area contributed by atoms with Gasteiger partial charge >= 0.3 is 0 Å². The zero-order chi connectivity index (χ0) is 27.6. The molecule has 1 radical (unpaired) electrons. The van der Waals surface area contributed by atoms with Gasteiger partial charge in [0.15, 0.2) is 5.78 Å². The summed E-state index contributed by atoms with van der Waals surface area (Å²) in [5, 5.41) is 14.6. The van der Waals surface area contributed by atoms with Crippen LogP contribution < -0.4 is 5.19 Å². The van der Waals surface area contributed by atoms with E-state index in [1.807, 2.05) is 12.3 Å². The molecule has 203 valence electrons. The molecule has 6 rings (SSSR count). The van der Waals surface area contributed by atoms with Crippen LogP contribution in [0.2, 0.25) is 19.6 Å². The number of aromatic nitrogens is 1. The molecule has 2 heterocycles. The van der Waals surface area contributed by atoms with Crippen molar-refractivity contribution in [1.82, 2.24) is 4.98 Å². The van der Waals surface area contributed by atoms with Crippen molar-refractivity contribution < 1.29 is 34.4 Å². The average molecular weight is 713 g/mol. The Morgan fingerprint density at radius 3 is 2.41 bits per heavy atom. The number of carbonyl (C=O) groups excluding carboxylic acids is 1. The summed E-state index contributed by atoms with van der Waals surface area (Å²) in [6.07, 6.45) is 3.04. The first-order chi connectivity index (χ1) is 17.8. The number of rotatable bonds is 2. The maximum atomic E-state index is 10.0. The number of nitrogens with zero attached hydrogens (tertiary/aromatic N) is 1. The molecule has 3 aromatic carbocycles. The Labute approximate surface area is 244 Å². The third kappa shape index (κ3) is 4.90. The van der Waals surface area contributed by atoms with E-state index in [1.54, 1.807) is 0 Å². The molecule has 1 aliphatic carbocycles. The number of pyridine rings is 1. The number of aliphatic hydroxyl groups excluding tert-OH is 1. The van der Waals surface area contributed by atoms with Crippen LogP contribution in [0.3, 0.4) is 0 Å². The number of hydrogen-bond acceptors (Lipinski definition) is 4. The van der Waals surface area contributed by atoms with Gasteiger partial charge in [0, 0.05) is 43.2 Å². The zero-order valence-corrected chi connectivity index (χ0v) is 27.1. The summed E-state index contributed by atoms with van der Waals surface area (Å²) in [7, 11) is -1.59.